The van der Waals surface area contributed by atoms with Crippen molar-refractivity contribution in [1.29, 1.82) is 0 Å². The summed E-state index contributed by atoms with van der Waals surface area (Å²) in [6, 6.07) is 7.27. The Morgan fingerprint density at radius 2 is 1.96 bits per heavy atom. The largest absolute Gasteiger partial charge is 0.350 e. The first-order valence-corrected chi connectivity index (χ1v) is 8.76. The number of hydrogen-bond donors (Lipinski definition) is 2. The summed E-state index contributed by atoms with van der Waals surface area (Å²) in [6.07, 6.45) is 3.28. The van der Waals surface area contributed by atoms with Gasteiger partial charge in [0, 0.05) is 5.54 Å². The number of rotatable bonds is 2. The van der Waals surface area contributed by atoms with Gasteiger partial charge in [0.05, 0.1) is 0 Å². The van der Waals surface area contributed by atoms with Crippen molar-refractivity contribution in [3.8, 4) is 0 Å². The van der Waals surface area contributed by atoms with Gasteiger partial charge in [-0.05, 0) is 57.6 Å². The molecule has 1 fully saturated rings. The molecule has 0 saturated carbocycles. The fraction of sp³-hybridized carbons (Fsp3) is 0.526. The van der Waals surface area contributed by atoms with Gasteiger partial charge in [-0.1, -0.05) is 24.3 Å². The Kier molecular flexibility index (Phi) is 4.31. The molecule has 2 N–H and O–H groups in total. The third-order valence-corrected chi connectivity index (χ3v) is 4.72. The zero-order valence-corrected chi connectivity index (χ0v) is 15.0. The van der Waals surface area contributed by atoms with Gasteiger partial charge < -0.3 is 10.6 Å². The van der Waals surface area contributed by atoms with Crippen LogP contribution in [0.3, 0.4) is 0 Å². The highest BCUT2D eigenvalue weighted by molar-refractivity contribution is 6.09. The fourth-order valence-electron chi connectivity index (χ4n) is 3.72. The van der Waals surface area contributed by atoms with Crippen molar-refractivity contribution >= 4 is 17.8 Å². The van der Waals surface area contributed by atoms with E-state index in [1.807, 2.05) is 45.0 Å². The molecule has 0 unspecified atom stereocenters. The molecule has 3 rings (SSSR count). The molecule has 1 aliphatic carbocycles. The third kappa shape index (κ3) is 3.25. The monoisotopic (exact) mass is 343 g/mol. The maximum absolute atomic E-state index is 13.2. The van der Waals surface area contributed by atoms with Crippen molar-refractivity contribution < 1.29 is 14.4 Å². The lowest BCUT2D eigenvalue weighted by Gasteiger charge is -2.27. The van der Waals surface area contributed by atoms with E-state index < -0.39 is 17.1 Å². The van der Waals surface area contributed by atoms with Gasteiger partial charge in [-0.2, -0.15) is 0 Å². The van der Waals surface area contributed by atoms with E-state index in [1.54, 1.807) is 0 Å². The van der Waals surface area contributed by atoms with Crippen molar-refractivity contribution in [1.82, 2.24) is 15.5 Å². The molecule has 0 aromatic heterocycles. The number of hydrogen-bond acceptors (Lipinski definition) is 3. The molecule has 1 aromatic carbocycles. The number of aryl methyl sites for hydroxylation is 1. The lowest BCUT2D eigenvalue weighted by Crippen LogP contribution is -2.48. The van der Waals surface area contributed by atoms with Crippen molar-refractivity contribution in [2.75, 3.05) is 6.54 Å². The van der Waals surface area contributed by atoms with Crippen LogP contribution in [0.2, 0.25) is 0 Å². The second-order valence-electron chi connectivity index (χ2n) is 7.89. The topological polar surface area (TPSA) is 78.5 Å². The maximum Gasteiger partial charge on any atom is 0.325 e. The minimum atomic E-state index is -1.04. The molecule has 6 nitrogen and oxygen atoms in total. The van der Waals surface area contributed by atoms with E-state index in [1.165, 1.54) is 0 Å². The van der Waals surface area contributed by atoms with Crippen molar-refractivity contribution in [2.45, 2.75) is 57.5 Å². The van der Waals surface area contributed by atoms with Gasteiger partial charge in [0.2, 0.25) is 5.91 Å². The average molecular weight is 343 g/mol. The Hall–Kier alpha value is -2.37. The van der Waals surface area contributed by atoms with Crippen LogP contribution in [0.4, 0.5) is 4.79 Å². The van der Waals surface area contributed by atoms with Crippen LogP contribution in [0, 0.1) is 0 Å². The molecule has 1 aromatic rings. The van der Waals surface area contributed by atoms with E-state index in [2.05, 4.69) is 10.6 Å². The minimum Gasteiger partial charge on any atom is -0.350 e. The predicted molar refractivity (Wildman–Crippen MR) is 93.8 cm³/mol. The molecule has 1 heterocycles. The summed E-state index contributed by atoms with van der Waals surface area (Å²) < 4.78 is 0. The highest BCUT2D eigenvalue weighted by Crippen LogP contribution is 2.38. The number of amides is 4. The molecule has 1 saturated heterocycles. The Labute approximate surface area is 148 Å². The number of urea groups is 1. The number of benzene rings is 1. The van der Waals surface area contributed by atoms with Crippen molar-refractivity contribution in [3.63, 3.8) is 0 Å². The zero-order valence-electron chi connectivity index (χ0n) is 15.0. The van der Waals surface area contributed by atoms with Gasteiger partial charge >= 0.3 is 6.03 Å². The molecule has 25 heavy (non-hydrogen) atoms. The summed E-state index contributed by atoms with van der Waals surface area (Å²) in [5.41, 5.74) is 0.508. The molecule has 1 atom stereocenters. The number of imide groups is 1. The Bertz CT molecular complexity index is 723. The van der Waals surface area contributed by atoms with E-state index >= 15 is 0 Å². The highest BCUT2D eigenvalue weighted by atomic mass is 16.2. The van der Waals surface area contributed by atoms with E-state index in [4.69, 9.17) is 0 Å². The Morgan fingerprint density at radius 3 is 2.68 bits per heavy atom. The summed E-state index contributed by atoms with van der Waals surface area (Å²) in [7, 11) is 0. The van der Waals surface area contributed by atoms with Crippen LogP contribution in [-0.4, -0.2) is 34.8 Å². The standard InChI is InChI=1S/C19H25N3O3/c1-18(2,3)20-15(23)12-22-16(24)19(21-17(22)25)11-7-6-9-13-8-4-5-10-14(13)19/h4-5,8,10H,6-7,9,11-12H2,1-3H3,(H,20,23)(H,21,25)/t19-/m0/s1. The maximum atomic E-state index is 13.2. The van der Waals surface area contributed by atoms with Crippen LogP contribution < -0.4 is 10.6 Å². The second kappa shape index (κ2) is 6.17. The van der Waals surface area contributed by atoms with Crippen molar-refractivity contribution in [2.24, 2.45) is 0 Å². The first-order valence-electron chi connectivity index (χ1n) is 8.76. The van der Waals surface area contributed by atoms with Crippen LogP contribution in [0.1, 0.15) is 51.2 Å². The van der Waals surface area contributed by atoms with Gasteiger partial charge in [-0.3, -0.25) is 14.5 Å². The van der Waals surface area contributed by atoms with Crippen molar-refractivity contribution in [3.05, 3.63) is 35.4 Å². The zero-order chi connectivity index (χ0) is 18.2. The molecule has 1 spiro atoms. The van der Waals surface area contributed by atoms with Crippen LogP contribution in [-0.2, 0) is 21.5 Å². The summed E-state index contributed by atoms with van der Waals surface area (Å²) in [5.74, 6) is -0.661. The third-order valence-electron chi connectivity index (χ3n) is 4.72. The van der Waals surface area contributed by atoms with Gasteiger partial charge in [0.25, 0.3) is 5.91 Å². The van der Waals surface area contributed by atoms with E-state index in [0.717, 1.165) is 35.3 Å². The second-order valence-corrected chi connectivity index (χ2v) is 7.89. The molecule has 134 valence electrons. The first-order chi connectivity index (χ1) is 11.7. The highest BCUT2D eigenvalue weighted by Gasteiger charge is 2.53. The molecule has 6 heteroatoms. The summed E-state index contributed by atoms with van der Waals surface area (Å²) in [5, 5.41) is 5.69. The number of fused-ring (bicyclic) bond motifs is 2. The molecule has 1 aliphatic heterocycles. The normalized spacial score (nSPS) is 23.2. The van der Waals surface area contributed by atoms with Crippen LogP contribution in [0.25, 0.3) is 0 Å². The fourth-order valence-corrected chi connectivity index (χ4v) is 3.72. The molecular formula is C19H25N3O3. The van der Waals surface area contributed by atoms with Gasteiger partial charge in [-0.25, -0.2) is 4.79 Å². The number of carbonyl (C=O) groups excluding carboxylic acids is 3. The van der Waals surface area contributed by atoms with E-state index in [0.29, 0.717) is 6.42 Å². The van der Waals surface area contributed by atoms with E-state index in [9.17, 15) is 14.4 Å². The quantitative estimate of drug-likeness (QED) is 0.807. The number of carbonyl (C=O) groups is 3. The molecule has 2 aliphatic rings. The smallest absolute Gasteiger partial charge is 0.325 e. The Morgan fingerprint density at radius 1 is 1.24 bits per heavy atom. The summed E-state index contributed by atoms with van der Waals surface area (Å²) in [4.78, 5) is 38.9. The molecular weight excluding hydrogens is 318 g/mol. The average Bonchev–Trinajstić information content (AvgIpc) is 2.68. The number of nitrogens with one attached hydrogen (secondary N) is 2. The molecule has 4 amide bonds. The van der Waals surface area contributed by atoms with Crippen LogP contribution >= 0.6 is 0 Å². The van der Waals surface area contributed by atoms with Crippen LogP contribution in [0.5, 0.6) is 0 Å². The Balaban J connectivity index is 1.90. The lowest BCUT2D eigenvalue weighted by atomic mass is 9.84. The SMILES string of the molecule is CC(C)(C)NC(=O)CN1C(=O)N[C@]2(CCCCc3ccccc32)C1=O. The summed E-state index contributed by atoms with van der Waals surface area (Å²) >= 11 is 0. The first kappa shape index (κ1) is 17.5. The van der Waals surface area contributed by atoms with Crippen LogP contribution in [0.15, 0.2) is 24.3 Å². The van der Waals surface area contributed by atoms with E-state index in [-0.39, 0.29) is 18.4 Å². The molecule has 0 bridgehead atoms. The lowest BCUT2D eigenvalue weighted by molar-refractivity contribution is -0.135. The molecule has 0 radical (unpaired) electrons. The minimum absolute atomic E-state index is 0.258. The predicted octanol–water partition coefficient (Wildman–Crippen LogP) is 2.07. The van der Waals surface area contributed by atoms with Gasteiger partial charge in [0.1, 0.15) is 12.1 Å². The van der Waals surface area contributed by atoms with Gasteiger partial charge in [-0.15, -0.1) is 0 Å². The summed E-state index contributed by atoms with van der Waals surface area (Å²) in [6.45, 7) is 5.32. The van der Waals surface area contributed by atoms with Gasteiger partial charge in [0.15, 0.2) is 0 Å². The number of nitrogens with zero attached hydrogens (tertiary/aromatic N) is 1.